The molecule has 3 aromatic rings. The van der Waals surface area contributed by atoms with Crippen molar-refractivity contribution in [2.45, 2.75) is 18.8 Å². The van der Waals surface area contributed by atoms with Gasteiger partial charge in [0.1, 0.15) is 0 Å². The highest BCUT2D eigenvalue weighted by Crippen LogP contribution is 2.34. The molecule has 0 unspecified atom stereocenters. The summed E-state index contributed by atoms with van der Waals surface area (Å²) in [6.45, 7) is 2.19. The van der Waals surface area contributed by atoms with Gasteiger partial charge in [-0.3, -0.25) is 9.47 Å². The maximum Gasteiger partial charge on any atom is 0.193 e. The maximum atomic E-state index is 13.1. The summed E-state index contributed by atoms with van der Waals surface area (Å²) in [5.74, 6) is 6.75. The monoisotopic (exact) mass is 376 g/mol. The van der Waals surface area contributed by atoms with Gasteiger partial charge in [-0.2, -0.15) is 0 Å². The number of nitrogens with two attached hydrogens (primary N) is 1. The van der Waals surface area contributed by atoms with E-state index in [1.165, 1.54) is 5.56 Å². The van der Waals surface area contributed by atoms with Crippen molar-refractivity contribution >= 4 is 22.4 Å². The van der Waals surface area contributed by atoms with Gasteiger partial charge in [0.25, 0.3) is 0 Å². The summed E-state index contributed by atoms with van der Waals surface area (Å²) in [5, 5.41) is 1.10. The van der Waals surface area contributed by atoms with Crippen LogP contribution in [0.4, 0.5) is 5.69 Å². The van der Waals surface area contributed by atoms with Gasteiger partial charge >= 0.3 is 0 Å². The summed E-state index contributed by atoms with van der Waals surface area (Å²) in [7, 11) is 6.13. The molecule has 1 aromatic heterocycles. The smallest absolute Gasteiger partial charge is 0.193 e. The topological polar surface area (TPSA) is 54.5 Å². The first-order valence-corrected chi connectivity index (χ1v) is 9.85. The molecule has 0 aliphatic carbocycles. The zero-order valence-electron chi connectivity index (χ0n) is 16.9. The van der Waals surface area contributed by atoms with Crippen molar-refractivity contribution in [1.82, 2.24) is 9.58 Å². The van der Waals surface area contributed by atoms with E-state index in [-0.39, 0.29) is 5.78 Å². The molecule has 2 aromatic carbocycles. The van der Waals surface area contributed by atoms with Crippen LogP contribution >= 0.6 is 0 Å². The fraction of sp³-hybridized carbons (Fsp3) is 0.348. The molecule has 0 bridgehead atoms. The summed E-state index contributed by atoms with van der Waals surface area (Å²) in [6.07, 6.45) is 4.29. The van der Waals surface area contributed by atoms with Crippen LogP contribution in [0.25, 0.3) is 10.9 Å². The molecule has 1 aliphatic heterocycles. The number of carbonyl (C=O) groups excluding carboxylic acids is 1. The predicted octanol–water partition coefficient (Wildman–Crippen LogP) is 3.46. The Hall–Kier alpha value is -2.79. The van der Waals surface area contributed by atoms with Gasteiger partial charge in [0, 0.05) is 42.5 Å². The summed E-state index contributed by atoms with van der Waals surface area (Å²) in [5.41, 5.74) is 4.68. The highest BCUT2D eigenvalue weighted by Gasteiger charge is 2.23. The molecule has 1 saturated heterocycles. The SMILES string of the molecule is CN1CCC(c2cn(N)c3ccc(C(=O)c4cccc(N(C)C)c4)cc23)CC1. The number of carbonyl (C=O) groups is 1. The van der Waals surface area contributed by atoms with Crippen molar-refractivity contribution in [3.8, 4) is 0 Å². The Morgan fingerprint density at radius 3 is 2.50 bits per heavy atom. The number of aromatic nitrogens is 1. The van der Waals surface area contributed by atoms with Crippen LogP contribution in [0, 0.1) is 0 Å². The standard InChI is InChI=1S/C23H28N4O/c1-25(2)19-6-4-5-17(13-19)23(28)18-7-8-22-20(14-18)21(15-27(22)24)16-9-11-26(3)12-10-16/h4-8,13-16H,9-12,24H2,1-3H3. The largest absolute Gasteiger partial charge is 0.378 e. The first kappa shape index (κ1) is 18.6. The van der Waals surface area contributed by atoms with Gasteiger partial charge in [0.2, 0.25) is 0 Å². The number of nitrogens with zero attached hydrogens (tertiary/aromatic N) is 3. The molecule has 0 saturated carbocycles. The molecule has 0 spiro atoms. The summed E-state index contributed by atoms with van der Waals surface area (Å²) >= 11 is 0. The van der Waals surface area contributed by atoms with E-state index in [2.05, 4.69) is 11.9 Å². The molecule has 1 fully saturated rings. The Balaban J connectivity index is 1.72. The number of rotatable bonds is 4. The highest BCUT2D eigenvalue weighted by atomic mass is 16.1. The third kappa shape index (κ3) is 3.38. The number of hydrogen-bond acceptors (Lipinski definition) is 4. The summed E-state index contributed by atoms with van der Waals surface area (Å²) < 4.78 is 1.70. The minimum absolute atomic E-state index is 0.0460. The van der Waals surface area contributed by atoms with Crippen LogP contribution in [0.15, 0.2) is 48.7 Å². The number of ketones is 1. The Morgan fingerprint density at radius 2 is 1.79 bits per heavy atom. The van der Waals surface area contributed by atoms with E-state index in [1.807, 2.05) is 67.7 Å². The third-order valence-electron chi connectivity index (χ3n) is 5.91. The average Bonchev–Trinajstić information content (AvgIpc) is 3.04. The Kier molecular flexibility index (Phi) is 4.85. The molecule has 0 amide bonds. The van der Waals surface area contributed by atoms with E-state index in [1.54, 1.807) is 4.68 Å². The highest BCUT2D eigenvalue weighted by molar-refractivity contribution is 6.11. The Labute approximate surface area is 166 Å². The van der Waals surface area contributed by atoms with Crippen molar-refractivity contribution < 1.29 is 4.79 Å². The number of hydrogen-bond donors (Lipinski definition) is 1. The van der Waals surface area contributed by atoms with Gasteiger partial charge in [0.05, 0.1) is 5.52 Å². The molecule has 2 heterocycles. The van der Waals surface area contributed by atoms with Crippen molar-refractivity contribution in [1.29, 1.82) is 0 Å². The minimum Gasteiger partial charge on any atom is -0.378 e. The lowest BCUT2D eigenvalue weighted by Crippen LogP contribution is -2.29. The summed E-state index contributed by atoms with van der Waals surface area (Å²) in [4.78, 5) is 17.5. The Bertz CT molecular complexity index is 1010. The fourth-order valence-corrected chi connectivity index (χ4v) is 4.16. The number of piperidine rings is 1. The molecule has 0 atom stereocenters. The van der Waals surface area contributed by atoms with Gasteiger partial charge in [-0.1, -0.05) is 12.1 Å². The van der Waals surface area contributed by atoms with Crippen molar-refractivity contribution in [3.63, 3.8) is 0 Å². The Morgan fingerprint density at radius 1 is 1.07 bits per heavy atom. The first-order valence-electron chi connectivity index (χ1n) is 9.85. The molecule has 1 aliphatic rings. The van der Waals surface area contributed by atoms with E-state index in [0.717, 1.165) is 42.5 Å². The average molecular weight is 377 g/mol. The van der Waals surface area contributed by atoms with Crippen molar-refractivity contribution in [2.24, 2.45) is 0 Å². The van der Waals surface area contributed by atoms with Crippen LogP contribution in [0.3, 0.4) is 0 Å². The van der Waals surface area contributed by atoms with Gasteiger partial charge in [-0.25, -0.2) is 0 Å². The number of fused-ring (bicyclic) bond motifs is 1. The molecule has 0 radical (unpaired) electrons. The lowest BCUT2D eigenvalue weighted by atomic mass is 9.88. The first-order chi connectivity index (χ1) is 13.4. The van der Waals surface area contributed by atoms with E-state index in [9.17, 15) is 4.79 Å². The number of nitrogen functional groups attached to an aromatic ring is 1. The van der Waals surface area contributed by atoms with Gasteiger partial charge in [-0.15, -0.1) is 0 Å². The van der Waals surface area contributed by atoms with Gasteiger partial charge < -0.3 is 15.6 Å². The molecular weight excluding hydrogens is 348 g/mol. The second-order valence-corrected chi connectivity index (χ2v) is 8.08. The number of likely N-dealkylation sites (tertiary alicyclic amines) is 1. The van der Waals surface area contributed by atoms with Crippen molar-refractivity contribution in [3.05, 3.63) is 65.4 Å². The molecular formula is C23H28N4O. The van der Waals surface area contributed by atoms with Gasteiger partial charge in [0.15, 0.2) is 5.78 Å². The van der Waals surface area contributed by atoms with Crippen LogP contribution in [0.2, 0.25) is 0 Å². The van der Waals surface area contributed by atoms with E-state index in [4.69, 9.17) is 5.84 Å². The van der Waals surface area contributed by atoms with Crippen molar-refractivity contribution in [2.75, 3.05) is 45.0 Å². The molecule has 2 N–H and O–H groups in total. The van der Waals surface area contributed by atoms with Gasteiger partial charge in [-0.05, 0) is 74.8 Å². The van der Waals surface area contributed by atoms with Crippen LogP contribution in [-0.4, -0.2) is 49.6 Å². The number of benzene rings is 2. The quantitative estimate of drug-likeness (QED) is 0.560. The van der Waals surface area contributed by atoms with Crippen LogP contribution in [-0.2, 0) is 0 Å². The normalized spacial score (nSPS) is 15.8. The van der Waals surface area contributed by atoms with E-state index in [0.29, 0.717) is 17.0 Å². The molecule has 146 valence electrons. The minimum atomic E-state index is 0.0460. The molecule has 5 nitrogen and oxygen atoms in total. The second-order valence-electron chi connectivity index (χ2n) is 8.08. The van der Waals surface area contributed by atoms with E-state index >= 15 is 0 Å². The fourth-order valence-electron chi connectivity index (χ4n) is 4.16. The molecule has 28 heavy (non-hydrogen) atoms. The van der Waals surface area contributed by atoms with Crippen LogP contribution in [0.5, 0.6) is 0 Å². The van der Waals surface area contributed by atoms with Crippen LogP contribution < -0.4 is 10.7 Å². The second kappa shape index (κ2) is 7.32. The number of anilines is 1. The van der Waals surface area contributed by atoms with Crippen LogP contribution in [0.1, 0.15) is 40.2 Å². The summed E-state index contributed by atoms with van der Waals surface area (Å²) in [6, 6.07) is 13.6. The maximum absolute atomic E-state index is 13.1. The third-order valence-corrected chi connectivity index (χ3v) is 5.91. The molecule has 4 rings (SSSR count). The lowest BCUT2D eigenvalue weighted by molar-refractivity contribution is 0.103. The lowest BCUT2D eigenvalue weighted by Gasteiger charge is -2.28. The molecule has 5 heteroatoms. The van der Waals surface area contributed by atoms with E-state index < -0.39 is 0 Å². The zero-order chi connectivity index (χ0) is 19.8. The predicted molar refractivity (Wildman–Crippen MR) is 116 cm³/mol. The zero-order valence-corrected chi connectivity index (χ0v) is 16.9.